The summed E-state index contributed by atoms with van der Waals surface area (Å²) in [5.41, 5.74) is -3.03. The van der Waals surface area contributed by atoms with Crippen LogP contribution in [0.15, 0.2) is 0 Å². The van der Waals surface area contributed by atoms with Crippen LogP contribution in [0, 0.1) is 22.7 Å². The Bertz CT molecular complexity index is 396. The zero-order valence-corrected chi connectivity index (χ0v) is 21.0. The molecule has 0 aliphatic heterocycles. The zero-order valence-electron chi connectivity index (χ0n) is 21.0. The van der Waals surface area contributed by atoms with Gasteiger partial charge in [-0.05, 0) is 63.7 Å². The monoisotopic (exact) mass is 402 g/mol. The second kappa shape index (κ2) is 11.3. The largest absolute Gasteiger partial charge is 0.244 e. The Balaban J connectivity index is 5.60. The molecule has 2 unspecified atom stereocenters. The predicted molar refractivity (Wildman–Crippen MR) is 122 cm³/mol. The lowest BCUT2D eigenvalue weighted by molar-refractivity contribution is -0.117. The Kier molecular flexibility index (Phi) is 11.2. The van der Waals surface area contributed by atoms with Crippen LogP contribution >= 0.6 is 0 Å². The fourth-order valence-corrected chi connectivity index (χ4v) is 5.85. The van der Waals surface area contributed by atoms with Gasteiger partial charge in [-0.15, -0.1) is 0 Å². The lowest BCUT2D eigenvalue weighted by Gasteiger charge is -2.53. The molecule has 0 heterocycles. The Morgan fingerprint density at radius 2 is 0.964 bits per heavy atom. The zero-order chi connectivity index (χ0) is 22.2. The van der Waals surface area contributed by atoms with Crippen LogP contribution in [0.3, 0.4) is 0 Å². The summed E-state index contributed by atoms with van der Waals surface area (Å²) < 4.78 is 32.6. The van der Waals surface area contributed by atoms with Crippen molar-refractivity contribution in [1.29, 1.82) is 0 Å². The van der Waals surface area contributed by atoms with Crippen molar-refractivity contribution in [3.05, 3.63) is 0 Å². The van der Waals surface area contributed by atoms with Gasteiger partial charge in [0.15, 0.2) is 0 Å². The van der Waals surface area contributed by atoms with Crippen molar-refractivity contribution in [2.24, 2.45) is 22.7 Å². The smallest absolute Gasteiger partial charge is 0.121 e. The number of hydrogen-bond acceptors (Lipinski definition) is 0. The average molecular weight is 403 g/mol. The van der Waals surface area contributed by atoms with Crippen molar-refractivity contribution < 1.29 is 8.78 Å². The predicted octanol–water partition coefficient (Wildman–Crippen LogP) is 9.71. The van der Waals surface area contributed by atoms with E-state index in [2.05, 4.69) is 62.3 Å². The average Bonchev–Trinajstić information content (AvgIpc) is 2.69. The minimum Gasteiger partial charge on any atom is -0.244 e. The number of rotatable bonds is 15. The van der Waals surface area contributed by atoms with Crippen molar-refractivity contribution in [1.82, 2.24) is 0 Å². The Morgan fingerprint density at radius 3 is 1.25 bits per heavy atom. The molecule has 0 aromatic rings. The maximum atomic E-state index is 16.9. The summed E-state index contributed by atoms with van der Waals surface area (Å²) in [6.07, 6.45) is 8.10. The highest BCUT2D eigenvalue weighted by atomic mass is 19.1. The molecule has 0 bridgehead atoms. The Hall–Kier alpha value is -0.140. The summed E-state index contributed by atoms with van der Waals surface area (Å²) in [5, 5.41) is 0. The van der Waals surface area contributed by atoms with Crippen LogP contribution < -0.4 is 0 Å². The van der Waals surface area contributed by atoms with Crippen LogP contribution in [0.4, 0.5) is 8.78 Å². The maximum Gasteiger partial charge on any atom is 0.121 e. The van der Waals surface area contributed by atoms with E-state index in [0.717, 1.165) is 57.8 Å². The number of halogens is 2. The molecule has 0 aromatic heterocycles. The van der Waals surface area contributed by atoms with Gasteiger partial charge in [-0.25, -0.2) is 8.78 Å². The lowest BCUT2D eigenvalue weighted by Crippen LogP contribution is -2.54. The first kappa shape index (κ1) is 27.9. The SMILES string of the molecule is CCC(CC)C(C)(F)C(CC)CCCC(F)(C(C)(CC)CC)C(C)(CC)CC. The van der Waals surface area contributed by atoms with E-state index in [0.29, 0.717) is 6.42 Å². The molecule has 0 rings (SSSR count). The molecule has 0 radical (unpaired) electrons. The lowest BCUT2D eigenvalue weighted by atomic mass is 9.55. The normalized spacial score (nSPS) is 17.0. The van der Waals surface area contributed by atoms with Crippen LogP contribution in [-0.2, 0) is 0 Å². The molecule has 170 valence electrons. The highest BCUT2D eigenvalue weighted by Gasteiger charge is 2.56. The third-order valence-corrected chi connectivity index (χ3v) is 9.18. The molecule has 0 N–H and O–H groups in total. The van der Waals surface area contributed by atoms with Gasteiger partial charge in [-0.2, -0.15) is 0 Å². The molecule has 0 nitrogen and oxygen atoms in total. The molecular weight excluding hydrogens is 350 g/mol. The molecule has 28 heavy (non-hydrogen) atoms. The molecular formula is C26H52F2. The van der Waals surface area contributed by atoms with E-state index >= 15 is 8.78 Å². The van der Waals surface area contributed by atoms with Gasteiger partial charge in [0.05, 0.1) is 0 Å². The molecule has 0 amide bonds. The van der Waals surface area contributed by atoms with E-state index in [1.54, 1.807) is 6.92 Å². The quantitative estimate of drug-likeness (QED) is 0.256. The first-order valence-electron chi connectivity index (χ1n) is 12.3. The molecule has 0 aliphatic carbocycles. The second-order valence-corrected chi connectivity index (χ2v) is 10.00. The third kappa shape index (κ3) is 5.31. The fourth-order valence-electron chi connectivity index (χ4n) is 5.85. The van der Waals surface area contributed by atoms with E-state index in [4.69, 9.17) is 0 Å². The van der Waals surface area contributed by atoms with Gasteiger partial charge in [0.25, 0.3) is 0 Å². The van der Waals surface area contributed by atoms with E-state index in [1.807, 2.05) is 0 Å². The van der Waals surface area contributed by atoms with E-state index in [9.17, 15) is 0 Å². The number of hydrogen-bond donors (Lipinski definition) is 0. The summed E-state index contributed by atoms with van der Waals surface area (Å²) in [7, 11) is 0. The van der Waals surface area contributed by atoms with Crippen molar-refractivity contribution in [3.63, 3.8) is 0 Å². The van der Waals surface area contributed by atoms with Crippen molar-refractivity contribution in [2.75, 3.05) is 0 Å². The standard InChI is InChI=1S/C26H52F2/c1-11-21(12-2)25(10,27)22(13-3)19-18-20-26(28,23(8,14-4)15-5)24(9,16-6)17-7/h21-22H,11-20H2,1-10H3. The van der Waals surface area contributed by atoms with Gasteiger partial charge >= 0.3 is 0 Å². The van der Waals surface area contributed by atoms with Gasteiger partial charge in [0, 0.05) is 10.8 Å². The Morgan fingerprint density at radius 1 is 0.607 bits per heavy atom. The first-order valence-corrected chi connectivity index (χ1v) is 12.3. The molecule has 0 aromatic carbocycles. The second-order valence-electron chi connectivity index (χ2n) is 10.00. The molecule has 2 atom stereocenters. The van der Waals surface area contributed by atoms with Crippen molar-refractivity contribution in [3.8, 4) is 0 Å². The van der Waals surface area contributed by atoms with Crippen LogP contribution in [0.1, 0.15) is 133 Å². The van der Waals surface area contributed by atoms with Crippen LogP contribution in [0.5, 0.6) is 0 Å². The molecule has 0 fully saturated rings. The van der Waals surface area contributed by atoms with Crippen LogP contribution in [0.25, 0.3) is 0 Å². The summed E-state index contributed by atoms with van der Waals surface area (Å²) >= 11 is 0. The van der Waals surface area contributed by atoms with Crippen molar-refractivity contribution >= 4 is 0 Å². The van der Waals surface area contributed by atoms with Gasteiger partial charge in [0.1, 0.15) is 11.3 Å². The van der Waals surface area contributed by atoms with E-state index in [1.165, 1.54) is 0 Å². The minimum absolute atomic E-state index is 0.0191. The maximum absolute atomic E-state index is 16.9. The van der Waals surface area contributed by atoms with Gasteiger partial charge in [0.2, 0.25) is 0 Å². The van der Waals surface area contributed by atoms with Crippen LogP contribution in [-0.4, -0.2) is 11.3 Å². The van der Waals surface area contributed by atoms with Gasteiger partial charge in [-0.3, -0.25) is 0 Å². The Labute approximate surface area is 176 Å². The van der Waals surface area contributed by atoms with E-state index in [-0.39, 0.29) is 22.7 Å². The van der Waals surface area contributed by atoms with Crippen LogP contribution in [0.2, 0.25) is 0 Å². The first-order chi connectivity index (χ1) is 12.9. The van der Waals surface area contributed by atoms with Gasteiger partial charge < -0.3 is 0 Å². The topological polar surface area (TPSA) is 0 Å². The number of alkyl halides is 2. The molecule has 2 heteroatoms. The summed E-state index contributed by atoms with van der Waals surface area (Å²) in [4.78, 5) is 0. The summed E-state index contributed by atoms with van der Waals surface area (Å²) in [5.74, 6) is 0.117. The summed E-state index contributed by atoms with van der Waals surface area (Å²) in [6.45, 7) is 20.9. The van der Waals surface area contributed by atoms with Gasteiger partial charge in [-0.1, -0.05) is 81.6 Å². The fraction of sp³-hybridized carbons (Fsp3) is 1.00. The highest BCUT2D eigenvalue weighted by Crippen LogP contribution is 2.57. The molecule has 0 saturated heterocycles. The third-order valence-electron chi connectivity index (χ3n) is 9.18. The minimum atomic E-state index is -1.22. The summed E-state index contributed by atoms with van der Waals surface area (Å²) in [6, 6.07) is 0. The van der Waals surface area contributed by atoms with Crippen molar-refractivity contribution in [2.45, 2.75) is 145 Å². The van der Waals surface area contributed by atoms with E-state index < -0.39 is 11.3 Å². The molecule has 0 saturated carbocycles. The molecule has 0 spiro atoms. The molecule has 0 aliphatic rings. The highest BCUT2D eigenvalue weighted by molar-refractivity contribution is 5.05.